The number of aromatic nitrogens is 2. The van der Waals surface area contributed by atoms with Crippen molar-refractivity contribution >= 4 is 34.6 Å². The second-order valence-electron chi connectivity index (χ2n) is 5.76. The largest absolute Gasteiger partial charge is 0.362 e. The Hall–Kier alpha value is -1.59. The molecule has 1 heterocycles. The molecule has 0 fully saturated rings. The number of aryl methyl sites for hydroxylation is 4. The molecule has 2 rings (SSSR count). The Morgan fingerprint density at radius 2 is 2.00 bits per heavy atom. The van der Waals surface area contributed by atoms with E-state index in [9.17, 15) is 0 Å². The van der Waals surface area contributed by atoms with Crippen LogP contribution in [0.25, 0.3) is 0 Å². The summed E-state index contributed by atoms with van der Waals surface area (Å²) in [7, 11) is 0. The maximum absolute atomic E-state index is 6.15. The lowest BCUT2D eigenvalue weighted by molar-refractivity contribution is 0.558. The molecule has 124 valence electrons. The molecular formula is C17H23ClN4S. The van der Waals surface area contributed by atoms with Crippen molar-refractivity contribution in [3.8, 4) is 0 Å². The van der Waals surface area contributed by atoms with Crippen LogP contribution in [0.5, 0.6) is 0 Å². The third-order valence-corrected chi connectivity index (χ3v) is 4.55. The molecule has 2 N–H and O–H groups in total. The minimum absolute atomic E-state index is 0.642. The van der Waals surface area contributed by atoms with Gasteiger partial charge in [0.25, 0.3) is 0 Å². The van der Waals surface area contributed by atoms with Crippen LogP contribution in [0.4, 0.5) is 5.69 Å². The van der Waals surface area contributed by atoms with Crippen molar-refractivity contribution in [1.29, 1.82) is 0 Å². The summed E-state index contributed by atoms with van der Waals surface area (Å²) in [5, 5.41) is 12.3. The highest BCUT2D eigenvalue weighted by Gasteiger charge is 2.08. The first-order valence-electron chi connectivity index (χ1n) is 7.70. The molecule has 6 heteroatoms. The fourth-order valence-electron chi connectivity index (χ4n) is 2.44. The van der Waals surface area contributed by atoms with Crippen molar-refractivity contribution in [1.82, 2.24) is 15.1 Å². The van der Waals surface area contributed by atoms with Crippen LogP contribution in [0.1, 0.15) is 28.9 Å². The molecule has 1 aromatic heterocycles. The van der Waals surface area contributed by atoms with Crippen LogP contribution in [-0.2, 0) is 6.54 Å². The average molecular weight is 351 g/mol. The molecule has 0 spiro atoms. The van der Waals surface area contributed by atoms with E-state index in [0.717, 1.165) is 41.6 Å². The van der Waals surface area contributed by atoms with Crippen molar-refractivity contribution in [3.05, 3.63) is 45.7 Å². The van der Waals surface area contributed by atoms with E-state index >= 15 is 0 Å². The molecule has 4 nitrogen and oxygen atoms in total. The summed E-state index contributed by atoms with van der Waals surface area (Å²) in [6, 6.07) is 6.26. The first-order valence-corrected chi connectivity index (χ1v) is 8.48. The van der Waals surface area contributed by atoms with Gasteiger partial charge in [0, 0.05) is 18.8 Å². The smallest absolute Gasteiger partial charge is 0.170 e. The van der Waals surface area contributed by atoms with Crippen molar-refractivity contribution < 1.29 is 0 Å². The monoisotopic (exact) mass is 350 g/mol. The fourth-order valence-corrected chi connectivity index (χ4v) is 2.79. The maximum Gasteiger partial charge on any atom is 0.170 e. The quantitative estimate of drug-likeness (QED) is 0.628. The zero-order valence-electron chi connectivity index (χ0n) is 14.0. The number of anilines is 1. The first-order chi connectivity index (χ1) is 10.9. The summed E-state index contributed by atoms with van der Waals surface area (Å²) in [5.41, 5.74) is 5.37. The van der Waals surface area contributed by atoms with Crippen LogP contribution >= 0.6 is 23.8 Å². The molecule has 0 aliphatic carbocycles. The zero-order chi connectivity index (χ0) is 17.0. The Morgan fingerprint density at radius 1 is 1.26 bits per heavy atom. The lowest BCUT2D eigenvalue weighted by Crippen LogP contribution is -2.30. The minimum Gasteiger partial charge on any atom is -0.362 e. The molecule has 23 heavy (non-hydrogen) atoms. The van der Waals surface area contributed by atoms with E-state index in [-0.39, 0.29) is 0 Å². The van der Waals surface area contributed by atoms with Gasteiger partial charge >= 0.3 is 0 Å². The molecule has 2 aromatic rings. The van der Waals surface area contributed by atoms with Gasteiger partial charge in [0.15, 0.2) is 5.11 Å². The Bertz CT molecular complexity index is 709. The van der Waals surface area contributed by atoms with E-state index in [4.69, 9.17) is 23.8 Å². The molecule has 0 unspecified atom stereocenters. The predicted octanol–water partition coefficient (Wildman–Crippen LogP) is 4.15. The van der Waals surface area contributed by atoms with E-state index in [1.807, 2.05) is 18.5 Å². The van der Waals surface area contributed by atoms with E-state index in [2.05, 4.69) is 47.8 Å². The van der Waals surface area contributed by atoms with Crippen LogP contribution in [0.15, 0.2) is 18.2 Å². The number of hydrogen-bond donors (Lipinski definition) is 2. The molecule has 0 aliphatic heterocycles. The Kier molecular flexibility index (Phi) is 6.02. The third-order valence-electron chi connectivity index (χ3n) is 3.76. The molecule has 0 atom stereocenters. The van der Waals surface area contributed by atoms with Gasteiger partial charge in [0.1, 0.15) is 0 Å². The van der Waals surface area contributed by atoms with Crippen LogP contribution in [0.3, 0.4) is 0 Å². The molecule has 0 saturated carbocycles. The number of thiocarbonyl (C=S) groups is 1. The Labute approximate surface area is 148 Å². The number of hydrogen-bond acceptors (Lipinski definition) is 2. The van der Waals surface area contributed by atoms with E-state index in [1.165, 1.54) is 11.1 Å². The summed E-state index contributed by atoms with van der Waals surface area (Å²) >= 11 is 11.5. The molecule has 0 radical (unpaired) electrons. The Morgan fingerprint density at radius 3 is 2.61 bits per heavy atom. The van der Waals surface area contributed by atoms with Crippen LogP contribution in [-0.4, -0.2) is 21.4 Å². The van der Waals surface area contributed by atoms with Crippen LogP contribution in [0.2, 0.25) is 5.02 Å². The van der Waals surface area contributed by atoms with Gasteiger partial charge in [-0.05, 0) is 58.0 Å². The second-order valence-corrected chi connectivity index (χ2v) is 6.55. The molecule has 0 amide bonds. The van der Waals surface area contributed by atoms with Gasteiger partial charge in [-0.15, -0.1) is 0 Å². The highest BCUT2D eigenvalue weighted by Crippen LogP contribution is 2.19. The summed E-state index contributed by atoms with van der Waals surface area (Å²) < 4.78 is 1.94. The Balaban J connectivity index is 1.77. The van der Waals surface area contributed by atoms with Crippen LogP contribution in [0, 0.1) is 27.7 Å². The summed E-state index contributed by atoms with van der Waals surface area (Å²) in [6.07, 6.45) is 0.924. The second kappa shape index (κ2) is 7.79. The van der Waals surface area contributed by atoms with Gasteiger partial charge in [-0.3, -0.25) is 4.68 Å². The number of rotatable bonds is 5. The van der Waals surface area contributed by atoms with Crippen molar-refractivity contribution in [2.24, 2.45) is 0 Å². The van der Waals surface area contributed by atoms with Gasteiger partial charge in [-0.2, -0.15) is 5.10 Å². The zero-order valence-corrected chi connectivity index (χ0v) is 15.6. The van der Waals surface area contributed by atoms with Gasteiger partial charge in [0.2, 0.25) is 0 Å². The van der Waals surface area contributed by atoms with Crippen molar-refractivity contribution in [3.63, 3.8) is 0 Å². The van der Waals surface area contributed by atoms with Crippen molar-refractivity contribution in [2.45, 2.75) is 40.7 Å². The van der Waals surface area contributed by atoms with Crippen molar-refractivity contribution in [2.75, 3.05) is 11.9 Å². The van der Waals surface area contributed by atoms with Gasteiger partial charge in [-0.1, -0.05) is 29.3 Å². The normalized spacial score (nSPS) is 10.7. The summed E-state index contributed by atoms with van der Waals surface area (Å²) in [4.78, 5) is 0. The van der Waals surface area contributed by atoms with E-state index < -0.39 is 0 Å². The van der Waals surface area contributed by atoms with Gasteiger partial charge in [0.05, 0.1) is 16.4 Å². The van der Waals surface area contributed by atoms with Crippen LogP contribution < -0.4 is 10.6 Å². The standard InChI is InChI=1S/C17H23ClN4S/c1-11-6-7-15(12(2)10-11)20-17(23)19-8-5-9-22-14(4)16(18)13(3)21-22/h6-7,10H,5,8-9H2,1-4H3,(H2,19,20,23). The number of nitrogens with zero attached hydrogens (tertiary/aromatic N) is 2. The summed E-state index contributed by atoms with van der Waals surface area (Å²) in [6.45, 7) is 9.67. The number of halogens is 1. The fraction of sp³-hybridized carbons (Fsp3) is 0.412. The van der Waals surface area contributed by atoms with Gasteiger partial charge in [-0.25, -0.2) is 0 Å². The minimum atomic E-state index is 0.642. The molecule has 0 aliphatic rings. The lowest BCUT2D eigenvalue weighted by Gasteiger charge is -2.13. The van der Waals surface area contributed by atoms with E-state index in [1.54, 1.807) is 0 Å². The third kappa shape index (κ3) is 4.69. The molecule has 1 aromatic carbocycles. The highest BCUT2D eigenvalue weighted by atomic mass is 35.5. The molecular weight excluding hydrogens is 328 g/mol. The van der Waals surface area contributed by atoms with E-state index in [0.29, 0.717) is 5.11 Å². The number of nitrogens with one attached hydrogen (secondary N) is 2. The number of benzene rings is 1. The van der Waals surface area contributed by atoms with Gasteiger partial charge < -0.3 is 10.6 Å². The molecule has 0 bridgehead atoms. The maximum atomic E-state index is 6.15. The average Bonchev–Trinajstić information content (AvgIpc) is 2.74. The highest BCUT2D eigenvalue weighted by molar-refractivity contribution is 7.80. The molecule has 0 saturated heterocycles. The SMILES string of the molecule is Cc1ccc(NC(=S)NCCCn2nc(C)c(Cl)c2C)c(C)c1. The predicted molar refractivity (Wildman–Crippen MR) is 101 cm³/mol. The lowest BCUT2D eigenvalue weighted by atomic mass is 10.1. The summed E-state index contributed by atoms with van der Waals surface area (Å²) in [5.74, 6) is 0. The first kappa shape index (κ1) is 17.8. The topological polar surface area (TPSA) is 41.9 Å².